The summed E-state index contributed by atoms with van der Waals surface area (Å²) in [6.07, 6.45) is 1.82. The van der Waals surface area contributed by atoms with Crippen molar-refractivity contribution in [2.45, 2.75) is 6.56 Å². The largest absolute Gasteiger partial charge is 0.378 e. The first-order valence-electron chi connectivity index (χ1n) is 4.77. The Morgan fingerprint density at radius 2 is 2.33 bits per heavy atom. The maximum Gasteiger partial charge on any atom is 0.0867 e. The molecule has 0 aliphatic carbocycles. The van der Waals surface area contributed by atoms with Gasteiger partial charge in [0, 0.05) is 24.5 Å². The summed E-state index contributed by atoms with van der Waals surface area (Å²) in [6, 6.07) is 9.31. The molecule has 0 bridgehead atoms. The van der Waals surface area contributed by atoms with Crippen LogP contribution in [0.25, 0.3) is 5.52 Å². The van der Waals surface area contributed by atoms with Crippen LogP contribution in [0.2, 0.25) is 0 Å². The van der Waals surface area contributed by atoms with Gasteiger partial charge in [0.25, 0.3) is 0 Å². The molecule has 0 unspecified atom stereocenters. The molecule has 2 rings (SSSR count). The highest BCUT2D eigenvalue weighted by Gasteiger charge is 1.97. The van der Waals surface area contributed by atoms with E-state index in [4.69, 9.17) is 7.48 Å². The maximum atomic E-state index is 7.64. The Bertz CT molecular complexity index is 450. The van der Waals surface area contributed by atoms with E-state index in [1.807, 2.05) is 30.5 Å². The van der Waals surface area contributed by atoms with Crippen molar-refractivity contribution in [3.05, 3.63) is 42.2 Å². The molecule has 2 heteroatoms. The summed E-state index contributed by atoms with van der Waals surface area (Å²) in [5, 5.41) is 0. The zero-order valence-electron chi connectivity index (χ0n) is 8.82. The molecule has 2 nitrogen and oxygen atoms in total. The van der Waals surface area contributed by atoms with Gasteiger partial charge in [0.1, 0.15) is 0 Å². The Morgan fingerprint density at radius 3 is 3.17 bits per heavy atom. The number of hydrogen-bond donors (Lipinski definition) is 0. The Kier molecular flexibility index (Phi) is 1.34. The van der Waals surface area contributed by atoms with Crippen LogP contribution in [0.4, 0.5) is 0 Å². The Balaban J connectivity index is 2.64. The molecule has 0 atom stereocenters. The van der Waals surface area contributed by atoms with E-state index >= 15 is 0 Å². The molecule has 2 heterocycles. The minimum absolute atomic E-state index is 0.510. The smallest absolute Gasteiger partial charge is 0.0867 e. The molecule has 0 spiro atoms. The Labute approximate surface area is 74.2 Å². The van der Waals surface area contributed by atoms with Gasteiger partial charge in [-0.1, -0.05) is 6.07 Å². The molecule has 0 amide bonds. The van der Waals surface area contributed by atoms with Gasteiger partial charge in [0.2, 0.25) is 0 Å². The van der Waals surface area contributed by atoms with Gasteiger partial charge in [0.05, 0.1) is 9.30 Å². The Morgan fingerprint density at radius 1 is 1.42 bits per heavy atom. The van der Waals surface area contributed by atoms with Crippen molar-refractivity contribution in [3.63, 3.8) is 0 Å². The van der Waals surface area contributed by atoms with Crippen LogP contribution < -0.4 is 0 Å². The topological polar surface area (TPSA) is 13.6 Å². The third kappa shape index (κ3) is 1.10. The normalized spacial score (nSPS) is 14.4. The average Bonchev–Trinajstić information content (AvgIpc) is 2.61. The van der Waals surface area contributed by atoms with E-state index in [-0.39, 0.29) is 0 Å². The van der Waals surface area contributed by atoms with Gasteiger partial charge < -0.3 is 9.14 Å². The lowest BCUT2D eigenvalue weighted by Gasteiger charge is -1.99. The van der Waals surface area contributed by atoms with E-state index in [1.54, 1.807) is 10.5 Å². The van der Waals surface area contributed by atoms with E-state index in [9.17, 15) is 0 Å². The predicted octanol–water partition coefficient (Wildman–Crippen LogP) is 2.09. The highest BCUT2D eigenvalue weighted by molar-refractivity contribution is 5.49. The SMILES string of the molecule is [2H]C([2H])(OC)c1ccc2ccccn12. The second-order valence-corrected chi connectivity index (χ2v) is 2.52. The van der Waals surface area contributed by atoms with Crippen molar-refractivity contribution < 1.29 is 7.48 Å². The summed E-state index contributed by atoms with van der Waals surface area (Å²) in [7, 11) is 1.36. The lowest BCUT2D eigenvalue weighted by Crippen LogP contribution is -1.92. The molecule has 0 aromatic carbocycles. The zero-order chi connectivity index (χ0) is 10.2. The van der Waals surface area contributed by atoms with E-state index in [2.05, 4.69) is 0 Å². The first-order chi connectivity index (χ1) is 6.65. The van der Waals surface area contributed by atoms with Gasteiger partial charge in [-0.2, -0.15) is 0 Å². The number of aromatic nitrogens is 1. The van der Waals surface area contributed by atoms with Crippen LogP contribution in [0.5, 0.6) is 0 Å². The minimum atomic E-state index is -1.74. The number of nitrogens with zero attached hydrogens (tertiary/aromatic N) is 1. The van der Waals surface area contributed by atoms with Crippen molar-refractivity contribution >= 4 is 5.52 Å². The monoisotopic (exact) mass is 163 g/mol. The highest BCUT2D eigenvalue weighted by atomic mass is 16.5. The number of fused-ring (bicyclic) bond motifs is 1. The van der Waals surface area contributed by atoms with Crippen LogP contribution in [0.15, 0.2) is 36.5 Å². The van der Waals surface area contributed by atoms with Crippen LogP contribution in [-0.4, -0.2) is 11.5 Å². The second kappa shape index (κ2) is 2.99. The number of ether oxygens (including phenoxy) is 1. The van der Waals surface area contributed by atoms with Crippen molar-refractivity contribution in [1.82, 2.24) is 4.40 Å². The minimum Gasteiger partial charge on any atom is -0.378 e. The molecule has 0 saturated carbocycles. The summed E-state index contributed by atoms with van der Waals surface area (Å²) in [5.41, 5.74) is 1.47. The van der Waals surface area contributed by atoms with Crippen molar-refractivity contribution in [2.75, 3.05) is 7.11 Å². The quantitative estimate of drug-likeness (QED) is 0.661. The van der Waals surface area contributed by atoms with Crippen LogP contribution >= 0.6 is 0 Å². The summed E-state index contributed by atoms with van der Waals surface area (Å²) >= 11 is 0. The molecule has 0 fully saturated rings. The van der Waals surface area contributed by atoms with Crippen LogP contribution in [-0.2, 0) is 11.3 Å². The summed E-state index contributed by atoms with van der Waals surface area (Å²) in [5.74, 6) is 0. The second-order valence-electron chi connectivity index (χ2n) is 2.52. The van der Waals surface area contributed by atoms with E-state index < -0.39 is 6.56 Å². The summed E-state index contributed by atoms with van der Waals surface area (Å²) in [6.45, 7) is -1.74. The molecule has 0 aliphatic heterocycles. The summed E-state index contributed by atoms with van der Waals surface area (Å²) < 4.78 is 21.9. The fourth-order valence-electron chi connectivity index (χ4n) is 1.24. The summed E-state index contributed by atoms with van der Waals surface area (Å²) in [4.78, 5) is 0. The molecule has 12 heavy (non-hydrogen) atoms. The first kappa shape index (κ1) is 5.38. The van der Waals surface area contributed by atoms with Gasteiger partial charge in [-0.3, -0.25) is 0 Å². The van der Waals surface area contributed by atoms with Crippen molar-refractivity contribution in [1.29, 1.82) is 0 Å². The number of rotatable bonds is 2. The highest BCUT2D eigenvalue weighted by Crippen LogP contribution is 2.09. The molecule has 62 valence electrons. The first-order valence-corrected chi connectivity index (χ1v) is 3.77. The lowest BCUT2D eigenvalue weighted by atomic mass is 10.4. The molecule has 0 aliphatic rings. The molecular weight excluding hydrogens is 150 g/mol. The molecule has 0 N–H and O–H groups in total. The fourth-order valence-corrected chi connectivity index (χ4v) is 1.24. The average molecular weight is 163 g/mol. The van der Waals surface area contributed by atoms with Gasteiger partial charge >= 0.3 is 0 Å². The molecule has 2 aromatic heterocycles. The lowest BCUT2D eigenvalue weighted by molar-refractivity contribution is 0.181. The predicted molar refractivity (Wildman–Crippen MR) is 48.1 cm³/mol. The molecule has 0 saturated heterocycles. The van der Waals surface area contributed by atoms with Gasteiger partial charge in [-0.25, -0.2) is 0 Å². The van der Waals surface area contributed by atoms with Crippen molar-refractivity contribution in [2.24, 2.45) is 0 Å². The number of methoxy groups -OCH3 is 1. The van der Waals surface area contributed by atoms with E-state index in [0.717, 1.165) is 5.52 Å². The standard InChI is InChI=1S/C10H11NO/c1-12-8-10-6-5-9-4-2-3-7-11(9)10/h2-7H,8H2,1H3/i8D2. The van der Waals surface area contributed by atoms with E-state index in [0.29, 0.717) is 5.69 Å². The van der Waals surface area contributed by atoms with E-state index in [1.165, 1.54) is 7.11 Å². The molecular formula is C10H11NO. The van der Waals surface area contributed by atoms with Gasteiger partial charge in [-0.05, 0) is 24.3 Å². The number of pyridine rings is 1. The van der Waals surface area contributed by atoms with Crippen LogP contribution in [0.1, 0.15) is 8.44 Å². The van der Waals surface area contributed by atoms with Crippen LogP contribution in [0.3, 0.4) is 0 Å². The van der Waals surface area contributed by atoms with Gasteiger partial charge in [0.15, 0.2) is 0 Å². The number of hydrogen-bond acceptors (Lipinski definition) is 1. The third-order valence-electron chi connectivity index (χ3n) is 1.77. The third-order valence-corrected chi connectivity index (χ3v) is 1.77. The molecule has 2 aromatic rings. The zero-order valence-corrected chi connectivity index (χ0v) is 6.82. The van der Waals surface area contributed by atoms with Crippen molar-refractivity contribution in [3.8, 4) is 0 Å². The van der Waals surface area contributed by atoms with Crippen LogP contribution in [0, 0.1) is 0 Å². The maximum absolute atomic E-state index is 7.64. The molecule has 0 radical (unpaired) electrons. The fraction of sp³-hybridized carbons (Fsp3) is 0.200. The Hall–Kier alpha value is -1.28. The van der Waals surface area contributed by atoms with Gasteiger partial charge in [-0.15, -0.1) is 0 Å².